The van der Waals surface area contributed by atoms with Crippen LogP contribution in [0.15, 0.2) is 30.7 Å². The van der Waals surface area contributed by atoms with Crippen molar-refractivity contribution >= 4 is 16.9 Å². The van der Waals surface area contributed by atoms with Crippen LogP contribution >= 0.6 is 0 Å². The van der Waals surface area contributed by atoms with E-state index in [2.05, 4.69) is 31.2 Å². The smallest absolute Gasteiger partial charge is 0.161 e. The number of hydrogen-bond acceptors (Lipinski definition) is 5. The Balaban J connectivity index is 2.10. The molecule has 0 aliphatic rings. The highest BCUT2D eigenvalue weighted by atomic mass is 16.5. The number of rotatable bonds is 4. The molecule has 0 saturated carbocycles. The summed E-state index contributed by atoms with van der Waals surface area (Å²) in [7, 11) is 1.61. The standard InChI is InChI=1S/C15H13N5O/c1-3-7-17-11-6-4-5-10(13(11)21-2)14-19-12-8-16-9-18-15(12)20-14/h1,4-6,8-9,17H,7H2,2H3,(H,16,18,19,20). The summed E-state index contributed by atoms with van der Waals surface area (Å²) >= 11 is 0. The van der Waals surface area contributed by atoms with Crippen LogP contribution in [-0.2, 0) is 0 Å². The second-order valence-electron chi connectivity index (χ2n) is 4.29. The van der Waals surface area contributed by atoms with Crippen molar-refractivity contribution in [1.82, 2.24) is 19.9 Å². The topological polar surface area (TPSA) is 75.7 Å². The summed E-state index contributed by atoms with van der Waals surface area (Å²) < 4.78 is 5.50. The van der Waals surface area contributed by atoms with E-state index >= 15 is 0 Å². The van der Waals surface area contributed by atoms with Gasteiger partial charge in [-0.05, 0) is 12.1 Å². The lowest BCUT2D eigenvalue weighted by Crippen LogP contribution is -2.02. The first kappa shape index (κ1) is 12.9. The van der Waals surface area contributed by atoms with Crippen LogP contribution in [-0.4, -0.2) is 33.6 Å². The molecule has 0 radical (unpaired) electrons. The number of methoxy groups -OCH3 is 1. The van der Waals surface area contributed by atoms with E-state index in [0.717, 1.165) is 11.3 Å². The lowest BCUT2D eigenvalue weighted by Gasteiger charge is -2.12. The molecule has 0 spiro atoms. The molecule has 0 amide bonds. The van der Waals surface area contributed by atoms with Crippen molar-refractivity contribution in [2.75, 3.05) is 19.0 Å². The highest BCUT2D eigenvalue weighted by Crippen LogP contribution is 2.35. The summed E-state index contributed by atoms with van der Waals surface area (Å²) in [4.78, 5) is 15.7. The van der Waals surface area contributed by atoms with Crippen LogP contribution in [0.5, 0.6) is 5.75 Å². The van der Waals surface area contributed by atoms with Gasteiger partial charge in [0.15, 0.2) is 11.4 Å². The predicted molar refractivity (Wildman–Crippen MR) is 81.0 cm³/mol. The number of ether oxygens (including phenoxy) is 1. The zero-order valence-electron chi connectivity index (χ0n) is 11.4. The van der Waals surface area contributed by atoms with E-state index < -0.39 is 0 Å². The first-order valence-corrected chi connectivity index (χ1v) is 6.34. The number of nitrogens with one attached hydrogen (secondary N) is 2. The minimum atomic E-state index is 0.422. The Kier molecular flexibility index (Phi) is 3.39. The molecule has 0 fully saturated rings. The van der Waals surface area contributed by atoms with Crippen molar-refractivity contribution in [2.24, 2.45) is 0 Å². The van der Waals surface area contributed by atoms with E-state index in [0.29, 0.717) is 29.3 Å². The summed E-state index contributed by atoms with van der Waals surface area (Å²) in [5, 5.41) is 3.13. The number of hydrogen-bond donors (Lipinski definition) is 2. The number of nitrogens with zero attached hydrogens (tertiary/aromatic N) is 3. The van der Waals surface area contributed by atoms with Gasteiger partial charge in [0.25, 0.3) is 0 Å². The van der Waals surface area contributed by atoms with Gasteiger partial charge < -0.3 is 15.0 Å². The molecule has 3 rings (SSSR count). The Bertz CT molecular complexity index is 785. The van der Waals surface area contributed by atoms with Gasteiger partial charge in [-0.3, -0.25) is 0 Å². The van der Waals surface area contributed by atoms with Gasteiger partial charge in [-0.25, -0.2) is 15.0 Å². The number of fused-ring (bicyclic) bond motifs is 1. The zero-order chi connectivity index (χ0) is 14.7. The molecule has 0 atom stereocenters. The van der Waals surface area contributed by atoms with Crippen LogP contribution in [0.2, 0.25) is 0 Å². The van der Waals surface area contributed by atoms with Gasteiger partial charge in [-0.15, -0.1) is 6.42 Å². The van der Waals surface area contributed by atoms with E-state index in [4.69, 9.17) is 11.2 Å². The lowest BCUT2D eigenvalue weighted by atomic mass is 10.1. The number of terminal acetylenes is 1. The molecule has 0 bridgehead atoms. The normalized spacial score (nSPS) is 10.3. The SMILES string of the molecule is C#CCNc1cccc(-c2nc3cncnc3[nH]2)c1OC. The molecule has 2 aromatic heterocycles. The molecular formula is C15H13N5O. The Morgan fingerprint density at radius 2 is 2.33 bits per heavy atom. The number of aromatic nitrogens is 4. The molecule has 0 aliphatic heterocycles. The minimum Gasteiger partial charge on any atom is -0.494 e. The van der Waals surface area contributed by atoms with Crippen molar-refractivity contribution in [3.8, 4) is 29.5 Å². The van der Waals surface area contributed by atoms with Gasteiger partial charge in [0.2, 0.25) is 0 Å². The highest BCUT2D eigenvalue weighted by Gasteiger charge is 2.14. The van der Waals surface area contributed by atoms with Crippen LogP contribution in [0.3, 0.4) is 0 Å². The van der Waals surface area contributed by atoms with Gasteiger partial charge in [-0.2, -0.15) is 0 Å². The fraction of sp³-hybridized carbons (Fsp3) is 0.133. The molecule has 2 heterocycles. The van der Waals surface area contributed by atoms with Crippen molar-refractivity contribution in [3.05, 3.63) is 30.7 Å². The Morgan fingerprint density at radius 3 is 3.10 bits per heavy atom. The summed E-state index contributed by atoms with van der Waals surface area (Å²) in [5.41, 5.74) is 3.04. The average Bonchev–Trinajstić information content (AvgIpc) is 2.96. The van der Waals surface area contributed by atoms with E-state index in [9.17, 15) is 0 Å². The molecular weight excluding hydrogens is 266 g/mol. The van der Waals surface area contributed by atoms with Crippen molar-refractivity contribution in [2.45, 2.75) is 0 Å². The van der Waals surface area contributed by atoms with Crippen molar-refractivity contribution in [3.63, 3.8) is 0 Å². The second kappa shape index (κ2) is 5.51. The third-order valence-electron chi connectivity index (χ3n) is 3.02. The molecule has 3 aromatic rings. The summed E-state index contributed by atoms with van der Waals surface area (Å²) in [6, 6.07) is 5.74. The Labute approximate surface area is 121 Å². The number of aromatic amines is 1. The Morgan fingerprint density at radius 1 is 1.43 bits per heavy atom. The van der Waals surface area contributed by atoms with Crippen LogP contribution in [0.25, 0.3) is 22.6 Å². The molecule has 0 unspecified atom stereocenters. The van der Waals surface area contributed by atoms with E-state index in [-0.39, 0.29) is 0 Å². The Hall–Kier alpha value is -3.07. The van der Waals surface area contributed by atoms with Crippen LogP contribution in [0.1, 0.15) is 0 Å². The van der Waals surface area contributed by atoms with E-state index in [1.807, 2.05) is 18.2 Å². The fourth-order valence-corrected chi connectivity index (χ4v) is 2.12. The maximum Gasteiger partial charge on any atom is 0.161 e. The molecule has 0 aliphatic carbocycles. The molecule has 6 nitrogen and oxygen atoms in total. The molecule has 104 valence electrons. The van der Waals surface area contributed by atoms with Crippen LogP contribution < -0.4 is 10.1 Å². The molecule has 0 saturated heterocycles. The number of para-hydroxylation sites is 1. The molecule has 21 heavy (non-hydrogen) atoms. The number of imidazole rings is 1. The predicted octanol–water partition coefficient (Wildman–Crippen LogP) is 2.07. The van der Waals surface area contributed by atoms with Gasteiger partial charge in [0, 0.05) is 0 Å². The molecule has 6 heteroatoms. The van der Waals surface area contributed by atoms with Gasteiger partial charge in [0.05, 0.1) is 31.1 Å². The number of H-pyrrole nitrogens is 1. The third-order valence-corrected chi connectivity index (χ3v) is 3.02. The van der Waals surface area contributed by atoms with Crippen LogP contribution in [0.4, 0.5) is 5.69 Å². The van der Waals surface area contributed by atoms with E-state index in [1.165, 1.54) is 6.33 Å². The second-order valence-corrected chi connectivity index (χ2v) is 4.29. The first-order chi connectivity index (χ1) is 10.3. The maximum atomic E-state index is 5.50. The zero-order valence-corrected chi connectivity index (χ0v) is 11.4. The van der Waals surface area contributed by atoms with Crippen molar-refractivity contribution in [1.29, 1.82) is 0 Å². The fourth-order valence-electron chi connectivity index (χ4n) is 2.12. The van der Waals surface area contributed by atoms with Gasteiger partial charge in [-0.1, -0.05) is 12.0 Å². The molecule has 2 N–H and O–H groups in total. The third kappa shape index (κ3) is 2.37. The number of benzene rings is 1. The lowest BCUT2D eigenvalue weighted by molar-refractivity contribution is 0.418. The van der Waals surface area contributed by atoms with Crippen LogP contribution in [0, 0.1) is 12.3 Å². The quantitative estimate of drug-likeness (QED) is 0.715. The van der Waals surface area contributed by atoms with E-state index in [1.54, 1.807) is 13.3 Å². The summed E-state index contributed by atoms with van der Waals surface area (Å²) in [5.74, 6) is 3.89. The minimum absolute atomic E-state index is 0.422. The first-order valence-electron chi connectivity index (χ1n) is 6.34. The largest absolute Gasteiger partial charge is 0.494 e. The number of anilines is 1. The summed E-state index contributed by atoms with van der Waals surface area (Å²) in [6.07, 6.45) is 8.42. The van der Waals surface area contributed by atoms with Crippen molar-refractivity contribution < 1.29 is 4.74 Å². The van der Waals surface area contributed by atoms with Gasteiger partial charge >= 0.3 is 0 Å². The monoisotopic (exact) mass is 279 g/mol. The van der Waals surface area contributed by atoms with Gasteiger partial charge in [0.1, 0.15) is 17.7 Å². The molecule has 1 aromatic carbocycles. The highest BCUT2D eigenvalue weighted by molar-refractivity contribution is 5.80. The maximum absolute atomic E-state index is 5.50. The summed E-state index contributed by atoms with van der Waals surface area (Å²) in [6.45, 7) is 0.422. The average molecular weight is 279 g/mol.